The molecule has 5 heteroatoms. The molecular formula is C55H108O5. The first kappa shape index (κ1) is 58.9. The normalized spacial score (nSPS) is 12.0. The number of esters is 2. The van der Waals surface area contributed by atoms with E-state index in [0.29, 0.717) is 26.1 Å². The van der Waals surface area contributed by atoms with Crippen molar-refractivity contribution in [1.82, 2.24) is 0 Å². The van der Waals surface area contributed by atoms with Crippen LogP contribution >= 0.6 is 0 Å². The second-order valence-corrected chi connectivity index (χ2v) is 18.9. The smallest absolute Gasteiger partial charge is 0.306 e. The van der Waals surface area contributed by atoms with Crippen LogP contribution in [-0.2, 0) is 23.8 Å². The van der Waals surface area contributed by atoms with Crippen LogP contribution in [0, 0.1) is 0 Å². The Bertz CT molecular complexity index is 830. The molecule has 0 heterocycles. The molecule has 0 bridgehead atoms. The summed E-state index contributed by atoms with van der Waals surface area (Å²) in [4.78, 5) is 25.3. The van der Waals surface area contributed by atoms with Crippen molar-refractivity contribution in [2.24, 2.45) is 0 Å². The summed E-state index contributed by atoms with van der Waals surface area (Å²) in [6, 6.07) is 0. The quantitative estimate of drug-likeness (QED) is 0.0451. The molecule has 1 atom stereocenters. The predicted molar refractivity (Wildman–Crippen MR) is 261 cm³/mol. The molecule has 0 aliphatic rings. The molecule has 0 aliphatic heterocycles. The van der Waals surface area contributed by atoms with Crippen LogP contribution < -0.4 is 0 Å². The first-order chi connectivity index (χ1) is 29.6. The van der Waals surface area contributed by atoms with Crippen LogP contribution in [0.3, 0.4) is 0 Å². The van der Waals surface area contributed by atoms with Gasteiger partial charge in [0.05, 0.1) is 6.61 Å². The Morgan fingerprint density at radius 2 is 0.550 bits per heavy atom. The predicted octanol–water partition coefficient (Wildman–Crippen LogP) is 18.5. The van der Waals surface area contributed by atoms with E-state index >= 15 is 0 Å². The maximum atomic E-state index is 12.7. The van der Waals surface area contributed by atoms with Crippen molar-refractivity contribution in [2.75, 3.05) is 19.8 Å². The van der Waals surface area contributed by atoms with Crippen molar-refractivity contribution in [3.8, 4) is 0 Å². The van der Waals surface area contributed by atoms with Gasteiger partial charge in [0, 0.05) is 19.4 Å². The monoisotopic (exact) mass is 849 g/mol. The van der Waals surface area contributed by atoms with Crippen molar-refractivity contribution in [3.63, 3.8) is 0 Å². The zero-order valence-corrected chi connectivity index (χ0v) is 41.3. The molecule has 0 spiro atoms. The summed E-state index contributed by atoms with van der Waals surface area (Å²) in [5.74, 6) is -0.376. The fourth-order valence-corrected chi connectivity index (χ4v) is 8.51. The van der Waals surface area contributed by atoms with Gasteiger partial charge in [-0.25, -0.2) is 0 Å². The molecule has 5 nitrogen and oxygen atoms in total. The minimum absolute atomic E-state index is 0.0971. The standard InChI is InChI=1S/C55H108O5/c1-4-7-10-13-16-18-20-22-24-26-28-29-31-33-35-37-40-42-45-48-54(56)59-52-53(60-55(57)49-46-43-39-15-12-9-6-3)51-58-50-47-44-41-38-36-34-32-30-27-25-23-21-19-17-14-11-8-5-2/h53H,4-52H2,1-3H3. The molecule has 0 saturated carbocycles. The SMILES string of the molecule is CCCCCCCCCCCCCCCCCCCCCC(=O)OCC(COCCCCCCCCCCCCCCCCCCCC)OC(=O)CCCCCCCCC. The first-order valence-corrected chi connectivity index (χ1v) is 27.6. The van der Waals surface area contributed by atoms with Gasteiger partial charge in [-0.05, 0) is 19.3 Å². The number of hydrogen-bond acceptors (Lipinski definition) is 5. The van der Waals surface area contributed by atoms with E-state index < -0.39 is 6.10 Å². The lowest BCUT2D eigenvalue weighted by Gasteiger charge is -2.18. The number of ether oxygens (including phenoxy) is 3. The first-order valence-electron chi connectivity index (χ1n) is 27.6. The molecule has 0 aromatic heterocycles. The Morgan fingerprint density at radius 1 is 0.300 bits per heavy atom. The van der Waals surface area contributed by atoms with Crippen molar-refractivity contribution in [2.45, 2.75) is 322 Å². The molecule has 0 aromatic rings. The molecule has 0 aromatic carbocycles. The summed E-state index contributed by atoms with van der Waals surface area (Å²) in [5, 5.41) is 0. The minimum atomic E-state index is -0.522. The van der Waals surface area contributed by atoms with E-state index in [-0.39, 0.29) is 18.5 Å². The molecule has 0 rings (SSSR count). The maximum absolute atomic E-state index is 12.7. The summed E-state index contributed by atoms with van der Waals surface area (Å²) >= 11 is 0. The lowest BCUT2D eigenvalue weighted by Crippen LogP contribution is -2.30. The van der Waals surface area contributed by atoms with Gasteiger partial charge in [-0.15, -0.1) is 0 Å². The molecule has 0 fully saturated rings. The summed E-state index contributed by atoms with van der Waals surface area (Å²) in [6.45, 7) is 7.88. The van der Waals surface area contributed by atoms with E-state index in [9.17, 15) is 9.59 Å². The largest absolute Gasteiger partial charge is 0.462 e. The van der Waals surface area contributed by atoms with E-state index in [1.165, 1.54) is 250 Å². The second-order valence-electron chi connectivity index (χ2n) is 18.9. The molecule has 0 N–H and O–H groups in total. The van der Waals surface area contributed by atoms with E-state index in [2.05, 4.69) is 20.8 Å². The lowest BCUT2D eigenvalue weighted by atomic mass is 10.0. The lowest BCUT2D eigenvalue weighted by molar-refractivity contribution is -0.163. The fraction of sp³-hybridized carbons (Fsp3) is 0.964. The van der Waals surface area contributed by atoms with Gasteiger partial charge >= 0.3 is 11.9 Å². The van der Waals surface area contributed by atoms with Crippen LogP contribution in [0.2, 0.25) is 0 Å². The minimum Gasteiger partial charge on any atom is -0.462 e. The van der Waals surface area contributed by atoms with Crippen LogP contribution in [0.4, 0.5) is 0 Å². The molecule has 0 saturated heterocycles. The molecule has 0 amide bonds. The van der Waals surface area contributed by atoms with Gasteiger partial charge in [0.15, 0.2) is 6.10 Å². The zero-order valence-electron chi connectivity index (χ0n) is 41.3. The highest BCUT2D eigenvalue weighted by Crippen LogP contribution is 2.17. The highest BCUT2D eigenvalue weighted by Gasteiger charge is 2.17. The Labute approximate surface area is 376 Å². The van der Waals surface area contributed by atoms with Crippen LogP contribution in [0.15, 0.2) is 0 Å². The van der Waals surface area contributed by atoms with Crippen molar-refractivity contribution in [1.29, 1.82) is 0 Å². The molecular weight excluding hydrogens is 741 g/mol. The van der Waals surface area contributed by atoms with Crippen molar-refractivity contribution < 1.29 is 23.8 Å². The Balaban J connectivity index is 4.00. The summed E-state index contributed by atoms with van der Waals surface area (Å²) in [5.41, 5.74) is 0. The second kappa shape index (κ2) is 52.2. The van der Waals surface area contributed by atoms with Gasteiger partial charge in [-0.1, -0.05) is 284 Å². The van der Waals surface area contributed by atoms with Gasteiger partial charge in [-0.3, -0.25) is 9.59 Å². The third-order valence-electron chi connectivity index (χ3n) is 12.6. The van der Waals surface area contributed by atoms with Gasteiger partial charge < -0.3 is 14.2 Å². The zero-order chi connectivity index (χ0) is 43.5. The number of hydrogen-bond donors (Lipinski definition) is 0. The van der Waals surface area contributed by atoms with Gasteiger partial charge in [0.2, 0.25) is 0 Å². The highest BCUT2D eigenvalue weighted by atomic mass is 16.6. The van der Waals surface area contributed by atoms with E-state index in [4.69, 9.17) is 14.2 Å². The molecule has 0 radical (unpaired) electrons. The van der Waals surface area contributed by atoms with E-state index in [0.717, 1.165) is 32.1 Å². The van der Waals surface area contributed by atoms with E-state index in [1.54, 1.807) is 0 Å². The van der Waals surface area contributed by atoms with Gasteiger partial charge in [0.25, 0.3) is 0 Å². The highest BCUT2D eigenvalue weighted by molar-refractivity contribution is 5.70. The maximum Gasteiger partial charge on any atom is 0.306 e. The van der Waals surface area contributed by atoms with Crippen LogP contribution in [0.5, 0.6) is 0 Å². The van der Waals surface area contributed by atoms with E-state index in [1.807, 2.05) is 0 Å². The Kier molecular flexibility index (Phi) is 51.3. The average molecular weight is 849 g/mol. The number of rotatable bonds is 52. The number of carbonyl (C=O) groups excluding carboxylic acids is 2. The Morgan fingerprint density at radius 3 is 0.850 bits per heavy atom. The Hall–Kier alpha value is -1.10. The molecule has 358 valence electrons. The van der Waals surface area contributed by atoms with Crippen molar-refractivity contribution >= 4 is 11.9 Å². The number of unbranched alkanes of at least 4 members (excludes halogenated alkanes) is 41. The molecule has 0 aliphatic carbocycles. The summed E-state index contributed by atoms with van der Waals surface area (Å²) < 4.78 is 17.4. The van der Waals surface area contributed by atoms with Crippen LogP contribution in [-0.4, -0.2) is 37.9 Å². The number of carbonyl (C=O) groups is 2. The average Bonchev–Trinajstić information content (AvgIpc) is 3.25. The fourth-order valence-electron chi connectivity index (χ4n) is 8.51. The van der Waals surface area contributed by atoms with Crippen molar-refractivity contribution in [3.05, 3.63) is 0 Å². The third-order valence-corrected chi connectivity index (χ3v) is 12.6. The van der Waals surface area contributed by atoms with Crippen LogP contribution in [0.1, 0.15) is 316 Å². The van der Waals surface area contributed by atoms with Crippen LogP contribution in [0.25, 0.3) is 0 Å². The van der Waals surface area contributed by atoms with Gasteiger partial charge in [0.1, 0.15) is 6.61 Å². The summed E-state index contributed by atoms with van der Waals surface area (Å²) in [6.07, 6.45) is 58.5. The topological polar surface area (TPSA) is 61.8 Å². The molecule has 60 heavy (non-hydrogen) atoms. The van der Waals surface area contributed by atoms with Gasteiger partial charge in [-0.2, -0.15) is 0 Å². The summed E-state index contributed by atoms with van der Waals surface area (Å²) in [7, 11) is 0. The molecule has 1 unspecified atom stereocenters. The third kappa shape index (κ3) is 49.6.